The van der Waals surface area contributed by atoms with Gasteiger partial charge in [-0.2, -0.15) is 0 Å². The second-order valence-electron chi connectivity index (χ2n) is 6.11. The number of ketones is 1. The van der Waals surface area contributed by atoms with Crippen molar-refractivity contribution < 1.29 is 34.1 Å². The number of hydrogen-bond donors (Lipinski definition) is 2. The molecule has 4 rings (SSSR count). The van der Waals surface area contributed by atoms with Crippen LogP contribution in [-0.4, -0.2) is 48.3 Å². The van der Waals surface area contributed by atoms with Crippen LogP contribution in [0.3, 0.4) is 0 Å². The van der Waals surface area contributed by atoms with E-state index in [1.165, 1.54) is 0 Å². The number of aliphatic carboxylic acids is 2. The fraction of sp³-hybridized carbons (Fsp3) is 0.471. The lowest BCUT2D eigenvalue weighted by Crippen LogP contribution is -2.49. The second-order valence-corrected chi connectivity index (χ2v) is 6.11. The molecule has 7 heteroatoms. The third-order valence-corrected chi connectivity index (χ3v) is 4.87. The van der Waals surface area contributed by atoms with E-state index in [4.69, 9.17) is 9.47 Å². The Balaban J connectivity index is 2.02. The number of carboxylic acids is 2. The first-order valence-electron chi connectivity index (χ1n) is 7.69. The van der Waals surface area contributed by atoms with Crippen LogP contribution in [0.25, 0.3) is 0 Å². The van der Waals surface area contributed by atoms with Gasteiger partial charge in [0.1, 0.15) is 18.1 Å². The Morgan fingerprint density at radius 1 is 1.12 bits per heavy atom. The van der Waals surface area contributed by atoms with Crippen molar-refractivity contribution in [3.63, 3.8) is 0 Å². The first kappa shape index (κ1) is 16.4. The number of hydrogen-bond acceptors (Lipinski definition) is 5. The molecule has 24 heavy (non-hydrogen) atoms. The monoisotopic (exact) mass is 334 g/mol. The SMILES string of the molecule is COCCOc1ccc2c(c1)C1C(=O)CC2C(C(=O)O)C1C(=O)O. The number of carbonyl (C=O) groups is 3. The summed E-state index contributed by atoms with van der Waals surface area (Å²) in [5, 5.41) is 19.0. The number of fused-ring (bicyclic) bond motifs is 2. The Kier molecular flexibility index (Phi) is 4.28. The lowest BCUT2D eigenvalue weighted by atomic mass is 9.55. The Hall–Kier alpha value is -2.41. The molecule has 2 bridgehead atoms. The van der Waals surface area contributed by atoms with Crippen LogP contribution in [0, 0.1) is 11.8 Å². The van der Waals surface area contributed by atoms with Crippen LogP contribution in [0.5, 0.6) is 5.75 Å². The third-order valence-electron chi connectivity index (χ3n) is 4.87. The van der Waals surface area contributed by atoms with E-state index in [0.29, 0.717) is 24.5 Å². The molecule has 1 saturated carbocycles. The molecule has 3 aliphatic rings. The Labute approximate surface area is 138 Å². The van der Waals surface area contributed by atoms with Crippen molar-refractivity contribution in [3.05, 3.63) is 29.3 Å². The fourth-order valence-electron chi connectivity index (χ4n) is 3.91. The Morgan fingerprint density at radius 2 is 1.83 bits per heavy atom. The number of ether oxygens (including phenoxy) is 2. The number of benzene rings is 1. The van der Waals surface area contributed by atoms with Crippen LogP contribution >= 0.6 is 0 Å². The maximum Gasteiger partial charge on any atom is 0.308 e. The third kappa shape index (κ3) is 2.54. The van der Waals surface area contributed by atoms with Gasteiger partial charge in [0, 0.05) is 19.4 Å². The van der Waals surface area contributed by atoms with E-state index in [2.05, 4.69) is 0 Å². The normalized spacial score (nSPS) is 27.6. The quantitative estimate of drug-likeness (QED) is 0.754. The summed E-state index contributed by atoms with van der Waals surface area (Å²) in [7, 11) is 1.55. The molecule has 0 saturated heterocycles. The summed E-state index contributed by atoms with van der Waals surface area (Å²) in [5.74, 6) is -5.99. The Bertz CT molecular complexity index is 696. The maximum absolute atomic E-state index is 12.4. The molecule has 128 valence electrons. The van der Waals surface area contributed by atoms with Gasteiger partial charge < -0.3 is 19.7 Å². The molecule has 2 N–H and O–H groups in total. The fourth-order valence-corrected chi connectivity index (χ4v) is 3.91. The van der Waals surface area contributed by atoms with Crippen molar-refractivity contribution in [1.29, 1.82) is 0 Å². The zero-order chi connectivity index (χ0) is 17.4. The highest BCUT2D eigenvalue weighted by molar-refractivity contribution is 5.98. The molecule has 0 radical (unpaired) electrons. The van der Waals surface area contributed by atoms with Gasteiger partial charge in [-0.15, -0.1) is 0 Å². The summed E-state index contributed by atoms with van der Waals surface area (Å²) >= 11 is 0. The van der Waals surface area contributed by atoms with Crippen molar-refractivity contribution in [2.24, 2.45) is 11.8 Å². The van der Waals surface area contributed by atoms with Gasteiger partial charge in [-0.05, 0) is 23.3 Å². The minimum absolute atomic E-state index is 0.0717. The molecule has 0 heterocycles. The van der Waals surface area contributed by atoms with Crippen molar-refractivity contribution in [3.8, 4) is 5.75 Å². The second kappa shape index (κ2) is 6.24. The topological polar surface area (TPSA) is 110 Å². The molecular weight excluding hydrogens is 316 g/mol. The van der Waals surface area contributed by atoms with Gasteiger partial charge in [-0.25, -0.2) is 0 Å². The van der Waals surface area contributed by atoms with Gasteiger partial charge in [-0.1, -0.05) is 6.07 Å². The van der Waals surface area contributed by atoms with E-state index >= 15 is 0 Å². The number of rotatable bonds is 6. The lowest BCUT2D eigenvalue weighted by molar-refractivity contribution is -0.160. The predicted octanol–water partition coefficient (Wildman–Crippen LogP) is 1.27. The number of carbonyl (C=O) groups excluding carboxylic acids is 1. The van der Waals surface area contributed by atoms with Crippen LogP contribution in [0.15, 0.2) is 18.2 Å². The lowest BCUT2D eigenvalue weighted by Gasteiger charge is -2.45. The summed E-state index contributed by atoms with van der Waals surface area (Å²) in [6.45, 7) is 0.734. The van der Waals surface area contributed by atoms with Gasteiger partial charge in [0.15, 0.2) is 0 Å². The summed E-state index contributed by atoms with van der Waals surface area (Å²) in [4.78, 5) is 35.6. The Morgan fingerprint density at radius 3 is 2.46 bits per heavy atom. The van der Waals surface area contributed by atoms with Crippen LogP contribution in [0.1, 0.15) is 29.4 Å². The molecule has 1 fully saturated rings. The molecular formula is C17H18O7. The van der Waals surface area contributed by atoms with E-state index in [1.54, 1.807) is 25.3 Å². The highest BCUT2D eigenvalue weighted by Gasteiger charge is 2.56. The molecule has 0 aliphatic heterocycles. The smallest absolute Gasteiger partial charge is 0.308 e. The van der Waals surface area contributed by atoms with Crippen LogP contribution < -0.4 is 4.74 Å². The molecule has 7 nitrogen and oxygen atoms in total. The first-order valence-corrected chi connectivity index (χ1v) is 7.69. The molecule has 0 amide bonds. The molecule has 4 atom stereocenters. The average molecular weight is 334 g/mol. The predicted molar refractivity (Wildman–Crippen MR) is 81.2 cm³/mol. The largest absolute Gasteiger partial charge is 0.491 e. The van der Waals surface area contributed by atoms with E-state index in [1.807, 2.05) is 0 Å². The van der Waals surface area contributed by atoms with E-state index in [-0.39, 0.29) is 12.2 Å². The standard InChI is InChI=1S/C17H18O7/c1-23-4-5-24-8-2-3-9-10(6-8)13-12(18)7-11(9)14(16(19)20)15(13)17(21)22/h2-3,6,11,13-15H,4-5,7H2,1H3,(H,19,20)(H,21,22). The first-order chi connectivity index (χ1) is 11.5. The molecule has 4 unspecified atom stereocenters. The minimum Gasteiger partial charge on any atom is -0.491 e. The van der Waals surface area contributed by atoms with E-state index < -0.39 is 35.6 Å². The number of Topliss-reactive ketones (excluding diaryl/α,β-unsaturated/α-hetero) is 1. The van der Waals surface area contributed by atoms with Crippen LogP contribution in [-0.2, 0) is 19.1 Å². The van der Waals surface area contributed by atoms with Crippen molar-refractivity contribution in [2.45, 2.75) is 18.3 Å². The molecule has 1 aromatic carbocycles. The molecule has 1 aromatic rings. The minimum atomic E-state index is -1.25. The highest BCUT2D eigenvalue weighted by Crippen LogP contribution is 2.54. The average Bonchev–Trinajstić information content (AvgIpc) is 2.54. The van der Waals surface area contributed by atoms with Crippen LogP contribution in [0.4, 0.5) is 0 Å². The number of methoxy groups -OCH3 is 1. The van der Waals surface area contributed by atoms with Gasteiger partial charge in [-0.3, -0.25) is 14.4 Å². The summed E-state index contributed by atoms with van der Waals surface area (Å²) in [6.07, 6.45) is 0.0717. The number of carboxylic acid groups (broad SMARTS) is 2. The maximum atomic E-state index is 12.4. The van der Waals surface area contributed by atoms with Gasteiger partial charge >= 0.3 is 11.9 Å². The zero-order valence-corrected chi connectivity index (χ0v) is 13.1. The van der Waals surface area contributed by atoms with E-state index in [9.17, 15) is 24.6 Å². The van der Waals surface area contributed by atoms with Gasteiger partial charge in [0.05, 0.1) is 24.4 Å². The zero-order valence-electron chi connectivity index (χ0n) is 13.1. The van der Waals surface area contributed by atoms with Crippen molar-refractivity contribution >= 4 is 17.7 Å². The summed E-state index contributed by atoms with van der Waals surface area (Å²) in [6, 6.07) is 5.12. The summed E-state index contributed by atoms with van der Waals surface area (Å²) in [5.41, 5.74) is 1.32. The summed E-state index contributed by atoms with van der Waals surface area (Å²) < 4.78 is 10.4. The van der Waals surface area contributed by atoms with Gasteiger partial charge in [0.25, 0.3) is 0 Å². The van der Waals surface area contributed by atoms with Crippen LogP contribution in [0.2, 0.25) is 0 Å². The molecule has 0 aromatic heterocycles. The molecule has 3 aliphatic carbocycles. The van der Waals surface area contributed by atoms with E-state index in [0.717, 1.165) is 5.56 Å². The van der Waals surface area contributed by atoms with Gasteiger partial charge in [0.2, 0.25) is 0 Å². The van der Waals surface area contributed by atoms with Crippen molar-refractivity contribution in [1.82, 2.24) is 0 Å². The highest BCUT2D eigenvalue weighted by atomic mass is 16.5. The molecule has 0 spiro atoms. The van der Waals surface area contributed by atoms with Crippen molar-refractivity contribution in [2.75, 3.05) is 20.3 Å².